The minimum atomic E-state index is -0.977. The van der Waals surface area contributed by atoms with Crippen molar-refractivity contribution in [1.82, 2.24) is 4.98 Å². The molecule has 0 bridgehead atoms. The lowest BCUT2D eigenvalue weighted by molar-refractivity contribution is -0.383. The van der Waals surface area contributed by atoms with Gasteiger partial charge in [0.15, 0.2) is 11.1 Å². The first-order valence-corrected chi connectivity index (χ1v) is 6.09. The van der Waals surface area contributed by atoms with Gasteiger partial charge in [-0.2, -0.15) is 4.98 Å². The van der Waals surface area contributed by atoms with E-state index in [-0.39, 0.29) is 36.0 Å². The van der Waals surface area contributed by atoms with E-state index in [1.165, 1.54) is 12.1 Å². The number of fused-ring (bicyclic) bond motifs is 1. The lowest BCUT2D eigenvalue weighted by atomic mass is 9.99. The van der Waals surface area contributed by atoms with Crippen LogP contribution in [0.3, 0.4) is 0 Å². The van der Waals surface area contributed by atoms with Gasteiger partial charge in [0, 0.05) is 6.07 Å². The van der Waals surface area contributed by atoms with Gasteiger partial charge >= 0.3 is 0 Å². The summed E-state index contributed by atoms with van der Waals surface area (Å²) < 4.78 is 5.37. The van der Waals surface area contributed by atoms with Crippen molar-refractivity contribution in [3.8, 4) is 0 Å². The summed E-state index contributed by atoms with van der Waals surface area (Å²) in [6.45, 7) is 1.15. The van der Waals surface area contributed by atoms with E-state index in [0.717, 1.165) is 0 Å². The number of aromatic nitrogens is 1. The molecule has 8 heteroatoms. The molecule has 0 atom stereocenters. The third-order valence-corrected chi connectivity index (χ3v) is 3.25. The van der Waals surface area contributed by atoms with E-state index in [0.29, 0.717) is 6.42 Å². The summed E-state index contributed by atoms with van der Waals surface area (Å²) in [7, 11) is 0. The molecule has 0 saturated heterocycles. The normalized spacial score (nSPS) is 11.8. The van der Waals surface area contributed by atoms with E-state index >= 15 is 0 Å². The van der Waals surface area contributed by atoms with Crippen LogP contribution in [0, 0.1) is 10.1 Å². The Hall–Kier alpha value is -2.19. The zero-order valence-corrected chi connectivity index (χ0v) is 10.9. The summed E-state index contributed by atoms with van der Waals surface area (Å²) in [5.74, 6) is 0. The van der Waals surface area contributed by atoms with E-state index in [4.69, 9.17) is 4.42 Å². The van der Waals surface area contributed by atoms with Gasteiger partial charge in [0.25, 0.3) is 11.7 Å². The molecule has 1 heterocycles. The summed E-state index contributed by atoms with van der Waals surface area (Å²) in [6, 6.07) is 4.42. The number of non-ortho nitro benzene ring substituents is 1. The third-order valence-electron chi connectivity index (χ3n) is 3.25. The van der Waals surface area contributed by atoms with E-state index in [2.05, 4.69) is 10.3 Å². The first-order chi connectivity index (χ1) is 9.55. The lowest BCUT2D eigenvalue weighted by Gasteiger charge is -2.28. The van der Waals surface area contributed by atoms with Crippen LogP contribution in [0.5, 0.6) is 0 Å². The van der Waals surface area contributed by atoms with Crippen molar-refractivity contribution in [2.24, 2.45) is 0 Å². The van der Waals surface area contributed by atoms with Crippen LogP contribution >= 0.6 is 0 Å². The third kappa shape index (κ3) is 2.43. The number of para-hydroxylation sites is 1. The maximum Gasteiger partial charge on any atom is 0.298 e. The number of nitro benzene ring substituents is 1. The fraction of sp³-hybridized carbons (Fsp3) is 0.417. The van der Waals surface area contributed by atoms with Crippen molar-refractivity contribution >= 4 is 22.8 Å². The highest BCUT2D eigenvalue weighted by atomic mass is 16.6. The zero-order valence-electron chi connectivity index (χ0n) is 10.9. The van der Waals surface area contributed by atoms with Gasteiger partial charge < -0.3 is 19.9 Å². The van der Waals surface area contributed by atoms with Gasteiger partial charge in [0.1, 0.15) is 0 Å². The summed E-state index contributed by atoms with van der Waals surface area (Å²) in [5, 5.41) is 32.4. The number of nitrogens with zero attached hydrogens (tertiary/aromatic N) is 2. The molecule has 0 aliphatic heterocycles. The number of rotatable bonds is 6. The lowest BCUT2D eigenvalue weighted by Crippen LogP contribution is -2.45. The van der Waals surface area contributed by atoms with E-state index < -0.39 is 10.5 Å². The highest BCUT2D eigenvalue weighted by molar-refractivity contribution is 5.84. The van der Waals surface area contributed by atoms with Crippen LogP contribution in [0.15, 0.2) is 22.6 Å². The Morgan fingerprint density at radius 3 is 2.70 bits per heavy atom. The molecule has 1 aromatic carbocycles. The molecule has 0 aliphatic rings. The molecule has 0 fully saturated rings. The van der Waals surface area contributed by atoms with Gasteiger partial charge in [-0.05, 0) is 12.5 Å². The van der Waals surface area contributed by atoms with Gasteiger partial charge in [-0.1, -0.05) is 13.0 Å². The Morgan fingerprint density at radius 2 is 2.15 bits per heavy atom. The monoisotopic (exact) mass is 281 g/mol. The number of aliphatic hydroxyl groups excluding tert-OH is 2. The molecule has 8 nitrogen and oxygen atoms in total. The second-order valence-electron chi connectivity index (χ2n) is 4.48. The molecule has 0 radical (unpaired) electrons. The second-order valence-corrected chi connectivity index (χ2v) is 4.48. The Labute approximate surface area is 114 Å². The van der Waals surface area contributed by atoms with Crippen molar-refractivity contribution in [3.63, 3.8) is 0 Å². The first-order valence-electron chi connectivity index (χ1n) is 6.09. The molecule has 3 N–H and O–H groups in total. The Morgan fingerprint density at radius 1 is 1.45 bits per heavy atom. The van der Waals surface area contributed by atoms with Gasteiger partial charge in [0.2, 0.25) is 0 Å². The molecule has 0 aliphatic carbocycles. The molecule has 2 aromatic rings. The molecule has 0 saturated carbocycles. The Balaban J connectivity index is 2.42. The standard InChI is InChI=1S/C12H15N3O5/c1-2-12(6-16,7-17)14-11-13-10-8(15(18)19)4-3-5-9(10)20-11/h3-5,16-17H,2,6-7H2,1H3,(H,13,14). The maximum absolute atomic E-state index is 10.9. The van der Waals surface area contributed by atoms with Crippen molar-refractivity contribution < 1.29 is 19.6 Å². The molecule has 1 aromatic heterocycles. The highest BCUT2D eigenvalue weighted by Gasteiger charge is 2.29. The van der Waals surface area contributed by atoms with Crippen LogP contribution in [0.2, 0.25) is 0 Å². The quantitative estimate of drug-likeness (QED) is 0.538. The van der Waals surface area contributed by atoms with Gasteiger partial charge in [-0.25, -0.2) is 0 Å². The number of hydrogen-bond donors (Lipinski definition) is 3. The number of hydrogen-bond acceptors (Lipinski definition) is 7. The molecule has 108 valence electrons. The van der Waals surface area contributed by atoms with Crippen molar-refractivity contribution in [3.05, 3.63) is 28.3 Å². The van der Waals surface area contributed by atoms with Crippen molar-refractivity contribution in [1.29, 1.82) is 0 Å². The smallest absolute Gasteiger partial charge is 0.298 e. The fourth-order valence-corrected chi connectivity index (χ4v) is 1.80. The average Bonchev–Trinajstić information content (AvgIpc) is 2.86. The second kappa shape index (κ2) is 5.43. The van der Waals surface area contributed by atoms with Crippen LogP contribution in [-0.4, -0.2) is 38.9 Å². The highest BCUT2D eigenvalue weighted by Crippen LogP contribution is 2.28. The topological polar surface area (TPSA) is 122 Å². The SMILES string of the molecule is CCC(CO)(CO)Nc1nc2c([N+](=O)[O-])cccc2o1. The minimum Gasteiger partial charge on any atom is -0.423 e. The van der Waals surface area contributed by atoms with Crippen molar-refractivity contribution in [2.75, 3.05) is 18.5 Å². The maximum atomic E-state index is 10.9. The van der Waals surface area contributed by atoms with Crippen LogP contribution in [0.4, 0.5) is 11.7 Å². The van der Waals surface area contributed by atoms with Crippen molar-refractivity contribution in [2.45, 2.75) is 18.9 Å². The van der Waals surface area contributed by atoms with E-state index in [1.54, 1.807) is 13.0 Å². The van der Waals surface area contributed by atoms with E-state index in [9.17, 15) is 20.3 Å². The summed E-state index contributed by atoms with van der Waals surface area (Å²) in [4.78, 5) is 14.4. The zero-order chi connectivity index (χ0) is 14.8. The number of nitrogens with one attached hydrogen (secondary N) is 1. The molecule has 0 amide bonds. The molecule has 0 spiro atoms. The first kappa shape index (κ1) is 14.2. The van der Waals surface area contributed by atoms with Gasteiger partial charge in [-0.3, -0.25) is 10.1 Å². The fourth-order valence-electron chi connectivity index (χ4n) is 1.80. The molecule has 2 rings (SSSR count). The van der Waals surface area contributed by atoms with E-state index in [1.807, 2.05) is 0 Å². The minimum absolute atomic E-state index is 0.0271. The van der Waals surface area contributed by atoms with Crippen LogP contribution < -0.4 is 5.32 Å². The number of benzene rings is 1. The molecule has 0 unspecified atom stereocenters. The predicted octanol–water partition coefficient (Wildman–Crippen LogP) is 1.28. The number of oxazole rings is 1. The van der Waals surface area contributed by atoms with Crippen LogP contribution in [-0.2, 0) is 0 Å². The Kier molecular flexibility index (Phi) is 3.86. The number of nitro groups is 1. The van der Waals surface area contributed by atoms with Gasteiger partial charge in [0.05, 0.1) is 23.7 Å². The van der Waals surface area contributed by atoms with Gasteiger partial charge in [-0.15, -0.1) is 0 Å². The largest absolute Gasteiger partial charge is 0.423 e. The van der Waals surface area contributed by atoms with Crippen LogP contribution in [0.25, 0.3) is 11.1 Å². The number of aliphatic hydroxyl groups is 2. The summed E-state index contributed by atoms with van der Waals surface area (Å²) in [5.41, 5.74) is -0.742. The molecular formula is C12H15N3O5. The summed E-state index contributed by atoms with van der Waals surface area (Å²) in [6.07, 6.45) is 0.431. The average molecular weight is 281 g/mol. The summed E-state index contributed by atoms with van der Waals surface area (Å²) >= 11 is 0. The molecular weight excluding hydrogens is 266 g/mol. The molecule has 20 heavy (non-hydrogen) atoms. The predicted molar refractivity (Wildman–Crippen MR) is 71.5 cm³/mol. The Bertz CT molecular complexity index is 612. The number of anilines is 1. The van der Waals surface area contributed by atoms with Crippen LogP contribution in [0.1, 0.15) is 13.3 Å².